The average Bonchev–Trinajstić information content (AvgIpc) is 2.99. The molecule has 3 rings (SSSR count). The van der Waals surface area contributed by atoms with E-state index >= 15 is 0 Å². The summed E-state index contributed by atoms with van der Waals surface area (Å²) in [5, 5.41) is 40.1. The zero-order valence-electron chi connectivity index (χ0n) is 11.4. The van der Waals surface area contributed by atoms with E-state index in [1.54, 1.807) is 0 Å². The van der Waals surface area contributed by atoms with Gasteiger partial charge in [-0.3, -0.25) is 9.78 Å². The summed E-state index contributed by atoms with van der Waals surface area (Å²) in [5.74, 6) is -1.14. The molecule has 0 aliphatic carbocycles. The highest BCUT2D eigenvalue weighted by Gasteiger charge is 2.48. The van der Waals surface area contributed by atoms with Gasteiger partial charge in [0.2, 0.25) is 17.8 Å². The molecule has 13 nitrogen and oxygen atoms in total. The van der Waals surface area contributed by atoms with Crippen molar-refractivity contribution in [2.24, 2.45) is 0 Å². The number of hydrogen-bond donors (Lipinski definition) is 5. The van der Waals surface area contributed by atoms with Gasteiger partial charge in [-0.2, -0.15) is 9.55 Å². The number of anilines is 1. The molecule has 1 aliphatic rings. The molecule has 1 aliphatic heterocycles. The molecule has 2 aromatic rings. The standard InChI is InChI=1S/C10H12N6O7/c11-9-13-6-3(7(20)14-9)12-10(16(21)22)15(6)8-5(19)4(18)2(1-17)23-8/h2,4-5,8,17-19H,1H2,(H3,11,13,14,20)/t2-,4-,5+,8+/m0/s1. The number of rotatable bonds is 3. The van der Waals surface area contributed by atoms with E-state index in [0.717, 1.165) is 4.57 Å². The van der Waals surface area contributed by atoms with Crippen LogP contribution in [0, 0.1) is 10.1 Å². The fourth-order valence-corrected chi connectivity index (χ4v) is 2.45. The number of fused-ring (bicyclic) bond motifs is 1. The fourth-order valence-electron chi connectivity index (χ4n) is 2.45. The predicted molar refractivity (Wildman–Crippen MR) is 72.2 cm³/mol. The highest BCUT2D eigenvalue weighted by Crippen LogP contribution is 2.34. The molecule has 1 saturated heterocycles. The Morgan fingerprint density at radius 3 is 2.65 bits per heavy atom. The van der Waals surface area contributed by atoms with Crippen molar-refractivity contribution in [3.8, 4) is 0 Å². The summed E-state index contributed by atoms with van der Waals surface area (Å²) in [4.78, 5) is 31.6. The summed E-state index contributed by atoms with van der Waals surface area (Å²) in [7, 11) is 0. The van der Waals surface area contributed by atoms with Gasteiger partial charge in [0.1, 0.15) is 18.3 Å². The van der Waals surface area contributed by atoms with Crippen LogP contribution in [-0.4, -0.2) is 64.7 Å². The zero-order valence-corrected chi connectivity index (χ0v) is 11.4. The molecule has 3 heterocycles. The second-order valence-corrected chi connectivity index (χ2v) is 4.89. The number of hydrogen-bond acceptors (Lipinski definition) is 10. The van der Waals surface area contributed by atoms with Crippen molar-refractivity contribution in [1.29, 1.82) is 0 Å². The highest BCUT2D eigenvalue weighted by molar-refractivity contribution is 5.73. The molecule has 0 saturated carbocycles. The van der Waals surface area contributed by atoms with Crippen molar-refractivity contribution in [1.82, 2.24) is 19.5 Å². The Balaban J connectivity index is 2.25. The summed E-state index contributed by atoms with van der Waals surface area (Å²) in [6.07, 6.45) is -5.72. The molecule has 124 valence electrons. The van der Waals surface area contributed by atoms with Crippen molar-refractivity contribution in [2.75, 3.05) is 12.3 Å². The third-order valence-corrected chi connectivity index (χ3v) is 3.49. The maximum Gasteiger partial charge on any atom is 0.439 e. The maximum absolute atomic E-state index is 11.8. The summed E-state index contributed by atoms with van der Waals surface area (Å²) in [5.41, 5.74) is 3.96. The first-order valence-electron chi connectivity index (χ1n) is 6.39. The monoisotopic (exact) mass is 328 g/mol. The Labute approximate surface area is 126 Å². The van der Waals surface area contributed by atoms with Gasteiger partial charge in [-0.1, -0.05) is 4.98 Å². The summed E-state index contributed by atoms with van der Waals surface area (Å²) >= 11 is 0. The normalized spacial score (nSPS) is 27.6. The topological polar surface area (TPSA) is 203 Å². The summed E-state index contributed by atoms with van der Waals surface area (Å²) < 4.78 is 5.99. The zero-order chi connectivity index (χ0) is 16.9. The van der Waals surface area contributed by atoms with Gasteiger partial charge in [-0.15, -0.1) is 0 Å². The molecule has 0 radical (unpaired) electrons. The molecule has 13 heteroatoms. The van der Waals surface area contributed by atoms with Crippen LogP contribution in [0.5, 0.6) is 0 Å². The van der Waals surface area contributed by atoms with Crippen molar-refractivity contribution < 1.29 is 25.0 Å². The van der Waals surface area contributed by atoms with Crippen molar-refractivity contribution in [2.45, 2.75) is 24.5 Å². The van der Waals surface area contributed by atoms with E-state index in [1.807, 2.05) is 0 Å². The van der Waals surface area contributed by atoms with Crippen LogP contribution in [0.3, 0.4) is 0 Å². The van der Waals surface area contributed by atoms with Crippen LogP contribution < -0.4 is 11.3 Å². The van der Waals surface area contributed by atoms with Gasteiger partial charge in [0.25, 0.3) is 11.1 Å². The minimum absolute atomic E-state index is 0.284. The smallest absolute Gasteiger partial charge is 0.394 e. The van der Waals surface area contributed by atoms with Gasteiger partial charge >= 0.3 is 5.95 Å². The molecule has 2 aromatic heterocycles. The summed E-state index contributed by atoms with van der Waals surface area (Å²) in [6, 6.07) is 0. The molecule has 1 fully saturated rings. The van der Waals surface area contributed by atoms with E-state index in [-0.39, 0.29) is 17.1 Å². The Morgan fingerprint density at radius 2 is 2.09 bits per heavy atom. The molecule has 0 spiro atoms. The first-order chi connectivity index (χ1) is 10.8. The van der Waals surface area contributed by atoms with Gasteiger partial charge in [-0.25, -0.2) is 0 Å². The number of aliphatic hydroxyl groups is 3. The maximum atomic E-state index is 11.8. The second-order valence-electron chi connectivity index (χ2n) is 4.89. The Morgan fingerprint density at radius 1 is 1.39 bits per heavy atom. The number of H-pyrrole nitrogens is 1. The lowest BCUT2D eigenvalue weighted by atomic mass is 10.1. The van der Waals surface area contributed by atoms with Gasteiger partial charge in [0, 0.05) is 0 Å². The lowest BCUT2D eigenvalue weighted by molar-refractivity contribution is -0.398. The number of aromatic nitrogens is 4. The number of aliphatic hydroxyl groups excluding tert-OH is 3. The molecule has 23 heavy (non-hydrogen) atoms. The van der Waals surface area contributed by atoms with Gasteiger partial charge in [0.15, 0.2) is 0 Å². The molecule has 0 unspecified atom stereocenters. The van der Waals surface area contributed by atoms with Crippen LogP contribution in [0.4, 0.5) is 11.9 Å². The van der Waals surface area contributed by atoms with E-state index in [4.69, 9.17) is 15.6 Å². The number of imidazole rings is 1. The molecule has 0 aromatic carbocycles. The number of nitrogens with two attached hydrogens (primary N) is 1. The average molecular weight is 328 g/mol. The molecule has 4 atom stereocenters. The molecular formula is C10H12N6O7. The number of aromatic amines is 1. The second kappa shape index (κ2) is 5.24. The molecule has 0 bridgehead atoms. The highest BCUT2D eigenvalue weighted by atomic mass is 16.6. The minimum atomic E-state index is -1.61. The lowest BCUT2D eigenvalue weighted by Crippen LogP contribution is -2.33. The van der Waals surface area contributed by atoms with E-state index in [2.05, 4.69) is 15.0 Å². The number of nitrogen functional groups attached to an aromatic ring is 1. The number of nitro groups is 1. The third kappa shape index (κ3) is 2.22. The Kier molecular flexibility index (Phi) is 3.48. The first kappa shape index (κ1) is 15.3. The van der Waals surface area contributed by atoms with E-state index in [1.165, 1.54) is 0 Å². The molecule has 6 N–H and O–H groups in total. The quantitative estimate of drug-likeness (QED) is 0.289. The van der Waals surface area contributed by atoms with Crippen molar-refractivity contribution in [3.05, 3.63) is 20.5 Å². The molecule has 0 amide bonds. The largest absolute Gasteiger partial charge is 0.439 e. The van der Waals surface area contributed by atoms with E-state index < -0.39 is 47.6 Å². The predicted octanol–water partition coefficient (Wildman–Crippen LogP) is -2.78. The van der Waals surface area contributed by atoms with Crippen LogP contribution in [0.25, 0.3) is 11.2 Å². The van der Waals surface area contributed by atoms with E-state index in [0.29, 0.717) is 0 Å². The third-order valence-electron chi connectivity index (χ3n) is 3.49. The van der Waals surface area contributed by atoms with Gasteiger partial charge in [-0.05, 0) is 4.92 Å². The van der Waals surface area contributed by atoms with Crippen LogP contribution in [0.2, 0.25) is 0 Å². The lowest BCUT2D eigenvalue weighted by Gasteiger charge is -2.13. The van der Waals surface area contributed by atoms with Crippen molar-refractivity contribution >= 4 is 23.1 Å². The van der Waals surface area contributed by atoms with Gasteiger partial charge in [0.05, 0.1) is 6.61 Å². The van der Waals surface area contributed by atoms with Crippen LogP contribution in [-0.2, 0) is 4.74 Å². The number of nitrogens with one attached hydrogen (secondary N) is 1. The number of nitrogens with zero attached hydrogens (tertiary/aromatic N) is 4. The Hall–Kier alpha value is -2.61. The van der Waals surface area contributed by atoms with Gasteiger partial charge < -0.3 is 35.9 Å². The fraction of sp³-hybridized carbons (Fsp3) is 0.500. The van der Waals surface area contributed by atoms with Crippen LogP contribution in [0.1, 0.15) is 6.23 Å². The molecular weight excluding hydrogens is 316 g/mol. The van der Waals surface area contributed by atoms with Crippen molar-refractivity contribution in [3.63, 3.8) is 0 Å². The van der Waals surface area contributed by atoms with Crippen LogP contribution >= 0.6 is 0 Å². The first-order valence-corrected chi connectivity index (χ1v) is 6.39. The van der Waals surface area contributed by atoms with Crippen LogP contribution in [0.15, 0.2) is 4.79 Å². The summed E-state index contributed by atoms with van der Waals surface area (Å²) in [6.45, 7) is -0.620. The SMILES string of the molecule is Nc1nc2c(nc([N+](=O)[O-])n2[C@@H]2O[C@@H](CO)[C@H](O)[C@H]2O)c(=O)[nH]1. The minimum Gasteiger partial charge on any atom is -0.394 e. The van der Waals surface area contributed by atoms with E-state index in [9.17, 15) is 25.1 Å². The number of ether oxygens (including phenoxy) is 1. The Bertz CT molecular complexity index is 831.